The van der Waals surface area contributed by atoms with Crippen LogP contribution in [0, 0.1) is 0 Å². The molecule has 6 heteroatoms. The largest absolute Gasteiger partial charge is 0.497 e. The van der Waals surface area contributed by atoms with E-state index in [0.29, 0.717) is 24.5 Å². The smallest absolute Gasteiger partial charge is 0.313 e. The van der Waals surface area contributed by atoms with Gasteiger partial charge in [0.15, 0.2) is 0 Å². The molecule has 1 fully saturated rings. The lowest BCUT2D eigenvalue weighted by atomic mass is 10.2. The Bertz CT molecular complexity index is 505. The summed E-state index contributed by atoms with van der Waals surface area (Å²) in [6, 6.07) is 6.82. The van der Waals surface area contributed by atoms with Gasteiger partial charge in [-0.3, -0.25) is 9.59 Å². The van der Waals surface area contributed by atoms with Crippen LogP contribution in [0.1, 0.15) is 13.8 Å². The van der Waals surface area contributed by atoms with Crippen LogP contribution in [0.5, 0.6) is 5.75 Å². The van der Waals surface area contributed by atoms with Crippen molar-refractivity contribution in [3.05, 3.63) is 24.3 Å². The summed E-state index contributed by atoms with van der Waals surface area (Å²) < 4.78 is 10.6. The molecule has 1 N–H and O–H groups in total. The van der Waals surface area contributed by atoms with Crippen LogP contribution in [-0.2, 0) is 14.3 Å². The number of carbonyl (C=O) groups excluding carboxylic acids is 2. The fourth-order valence-electron chi connectivity index (χ4n) is 2.35. The number of amides is 2. The molecule has 0 aromatic heterocycles. The number of anilines is 1. The quantitative estimate of drug-likeness (QED) is 0.834. The topological polar surface area (TPSA) is 67.9 Å². The van der Waals surface area contributed by atoms with Crippen molar-refractivity contribution < 1.29 is 19.1 Å². The summed E-state index contributed by atoms with van der Waals surface area (Å²) in [6.45, 7) is 4.63. The van der Waals surface area contributed by atoms with Gasteiger partial charge in [-0.2, -0.15) is 0 Å². The van der Waals surface area contributed by atoms with E-state index in [0.717, 1.165) is 0 Å². The van der Waals surface area contributed by atoms with Gasteiger partial charge in [-0.1, -0.05) is 0 Å². The lowest BCUT2D eigenvalue weighted by Crippen LogP contribution is -2.51. The zero-order valence-corrected chi connectivity index (χ0v) is 12.5. The molecule has 0 radical (unpaired) electrons. The van der Waals surface area contributed by atoms with E-state index in [1.165, 1.54) is 4.90 Å². The van der Waals surface area contributed by atoms with E-state index in [-0.39, 0.29) is 12.2 Å². The summed E-state index contributed by atoms with van der Waals surface area (Å²) in [7, 11) is 1.57. The number of morpholine rings is 1. The van der Waals surface area contributed by atoms with Crippen LogP contribution < -0.4 is 10.1 Å². The third-order valence-corrected chi connectivity index (χ3v) is 3.25. The van der Waals surface area contributed by atoms with Crippen molar-refractivity contribution in [2.75, 3.05) is 25.5 Å². The minimum Gasteiger partial charge on any atom is -0.497 e. The van der Waals surface area contributed by atoms with E-state index in [1.54, 1.807) is 31.4 Å². The Labute approximate surface area is 124 Å². The predicted molar refractivity (Wildman–Crippen MR) is 78.2 cm³/mol. The molecule has 1 aliphatic heterocycles. The number of nitrogens with zero attached hydrogens (tertiary/aromatic N) is 1. The van der Waals surface area contributed by atoms with Crippen LogP contribution in [0.2, 0.25) is 0 Å². The molecule has 21 heavy (non-hydrogen) atoms. The van der Waals surface area contributed by atoms with Crippen molar-refractivity contribution in [3.8, 4) is 5.75 Å². The van der Waals surface area contributed by atoms with Crippen molar-refractivity contribution >= 4 is 17.5 Å². The van der Waals surface area contributed by atoms with E-state index < -0.39 is 11.8 Å². The van der Waals surface area contributed by atoms with Gasteiger partial charge < -0.3 is 19.7 Å². The molecule has 2 unspecified atom stereocenters. The second-order valence-electron chi connectivity index (χ2n) is 5.15. The second-order valence-corrected chi connectivity index (χ2v) is 5.15. The molecule has 1 aromatic rings. The first-order valence-electron chi connectivity index (χ1n) is 6.89. The van der Waals surface area contributed by atoms with Crippen molar-refractivity contribution in [1.82, 2.24) is 4.90 Å². The molecule has 1 saturated heterocycles. The highest BCUT2D eigenvalue weighted by Crippen LogP contribution is 2.16. The van der Waals surface area contributed by atoms with E-state index in [1.807, 2.05) is 13.8 Å². The first kappa shape index (κ1) is 15.3. The molecule has 6 nitrogen and oxygen atoms in total. The average molecular weight is 292 g/mol. The zero-order valence-electron chi connectivity index (χ0n) is 12.5. The maximum absolute atomic E-state index is 12.2. The van der Waals surface area contributed by atoms with E-state index in [9.17, 15) is 9.59 Å². The first-order valence-corrected chi connectivity index (χ1v) is 6.89. The van der Waals surface area contributed by atoms with Crippen molar-refractivity contribution in [2.24, 2.45) is 0 Å². The number of methoxy groups -OCH3 is 1. The molecular weight excluding hydrogens is 272 g/mol. The Morgan fingerprint density at radius 2 is 1.76 bits per heavy atom. The van der Waals surface area contributed by atoms with Gasteiger partial charge in [0.25, 0.3) is 0 Å². The maximum atomic E-state index is 12.2. The Balaban J connectivity index is 1.97. The van der Waals surface area contributed by atoms with Crippen molar-refractivity contribution in [3.63, 3.8) is 0 Å². The lowest BCUT2D eigenvalue weighted by Gasteiger charge is -2.34. The maximum Gasteiger partial charge on any atom is 0.313 e. The van der Waals surface area contributed by atoms with Crippen LogP contribution >= 0.6 is 0 Å². The third-order valence-electron chi connectivity index (χ3n) is 3.25. The number of hydrogen-bond acceptors (Lipinski definition) is 4. The van der Waals surface area contributed by atoms with Crippen molar-refractivity contribution in [2.45, 2.75) is 26.1 Å². The first-order chi connectivity index (χ1) is 9.99. The molecule has 0 aliphatic carbocycles. The molecule has 1 heterocycles. The molecule has 2 rings (SSSR count). The Hall–Kier alpha value is -2.08. The highest BCUT2D eigenvalue weighted by molar-refractivity contribution is 6.39. The van der Waals surface area contributed by atoms with Crippen LogP contribution in [-0.4, -0.2) is 49.1 Å². The second kappa shape index (κ2) is 6.58. The summed E-state index contributed by atoms with van der Waals surface area (Å²) in [6.07, 6.45) is -0.127. The monoisotopic (exact) mass is 292 g/mol. The number of nitrogens with one attached hydrogen (secondary N) is 1. The van der Waals surface area contributed by atoms with E-state index in [4.69, 9.17) is 9.47 Å². The number of carbonyl (C=O) groups is 2. The van der Waals surface area contributed by atoms with Gasteiger partial charge in [0, 0.05) is 18.8 Å². The molecule has 0 saturated carbocycles. The molecular formula is C15H20N2O4. The van der Waals surface area contributed by atoms with Gasteiger partial charge in [0.2, 0.25) is 0 Å². The van der Waals surface area contributed by atoms with Gasteiger partial charge in [0.05, 0.1) is 19.3 Å². The molecule has 0 spiro atoms. The molecule has 1 aromatic carbocycles. The highest BCUT2D eigenvalue weighted by Gasteiger charge is 2.29. The van der Waals surface area contributed by atoms with Gasteiger partial charge in [0.1, 0.15) is 5.75 Å². The molecule has 1 aliphatic rings. The number of benzene rings is 1. The predicted octanol–water partition coefficient (Wildman–Crippen LogP) is 1.27. The average Bonchev–Trinajstić information content (AvgIpc) is 2.46. The van der Waals surface area contributed by atoms with Crippen LogP contribution in [0.3, 0.4) is 0 Å². The van der Waals surface area contributed by atoms with Gasteiger partial charge in [-0.15, -0.1) is 0 Å². The van der Waals surface area contributed by atoms with Crippen LogP contribution in [0.4, 0.5) is 5.69 Å². The number of rotatable bonds is 2. The molecule has 2 amide bonds. The SMILES string of the molecule is COc1ccc(NC(=O)C(=O)N2CC(C)OC(C)C2)cc1. The minimum absolute atomic E-state index is 0.0634. The Kier molecular flexibility index (Phi) is 4.80. The van der Waals surface area contributed by atoms with E-state index >= 15 is 0 Å². The van der Waals surface area contributed by atoms with Gasteiger partial charge in [-0.25, -0.2) is 0 Å². The summed E-state index contributed by atoms with van der Waals surface area (Å²) in [5, 5.41) is 2.59. The van der Waals surface area contributed by atoms with Gasteiger partial charge in [-0.05, 0) is 38.1 Å². The summed E-state index contributed by atoms with van der Waals surface area (Å²) >= 11 is 0. The fraction of sp³-hybridized carbons (Fsp3) is 0.467. The summed E-state index contributed by atoms with van der Waals surface area (Å²) in [4.78, 5) is 25.7. The minimum atomic E-state index is -0.638. The summed E-state index contributed by atoms with van der Waals surface area (Å²) in [5.74, 6) is -0.482. The standard InChI is InChI=1S/C15H20N2O4/c1-10-8-17(9-11(2)21-10)15(19)14(18)16-12-4-6-13(20-3)7-5-12/h4-7,10-11H,8-9H2,1-3H3,(H,16,18). The highest BCUT2D eigenvalue weighted by atomic mass is 16.5. The number of hydrogen-bond donors (Lipinski definition) is 1. The zero-order chi connectivity index (χ0) is 15.4. The van der Waals surface area contributed by atoms with Crippen LogP contribution in [0.25, 0.3) is 0 Å². The Morgan fingerprint density at radius 1 is 1.19 bits per heavy atom. The lowest BCUT2D eigenvalue weighted by molar-refractivity contribution is -0.151. The van der Waals surface area contributed by atoms with Crippen LogP contribution in [0.15, 0.2) is 24.3 Å². The third kappa shape index (κ3) is 3.95. The number of ether oxygens (including phenoxy) is 2. The molecule has 2 atom stereocenters. The Morgan fingerprint density at radius 3 is 2.29 bits per heavy atom. The van der Waals surface area contributed by atoms with Crippen molar-refractivity contribution in [1.29, 1.82) is 0 Å². The fourth-order valence-corrected chi connectivity index (χ4v) is 2.35. The molecule has 0 bridgehead atoms. The van der Waals surface area contributed by atoms with Gasteiger partial charge >= 0.3 is 11.8 Å². The van der Waals surface area contributed by atoms with E-state index in [2.05, 4.69) is 5.32 Å². The molecule has 114 valence electrons. The summed E-state index contributed by atoms with van der Waals surface area (Å²) in [5.41, 5.74) is 0.559. The normalized spacial score (nSPS) is 21.8.